The van der Waals surface area contributed by atoms with Crippen molar-refractivity contribution in [1.82, 2.24) is 9.97 Å². The summed E-state index contributed by atoms with van der Waals surface area (Å²) in [7, 11) is 0. The second kappa shape index (κ2) is 4.27. The number of aryl methyl sites for hydroxylation is 1. The van der Waals surface area contributed by atoms with Gasteiger partial charge in [0.1, 0.15) is 5.82 Å². The molecule has 1 aromatic heterocycles. The van der Waals surface area contributed by atoms with Gasteiger partial charge in [-0.05, 0) is 12.7 Å². The van der Waals surface area contributed by atoms with Crippen molar-refractivity contribution < 1.29 is 0 Å². The first-order valence-electron chi connectivity index (χ1n) is 3.68. The van der Waals surface area contributed by atoms with E-state index in [2.05, 4.69) is 15.4 Å². The number of nitrogens with one attached hydrogen (secondary N) is 1. The normalized spacial score (nSPS) is 9.92. The molecule has 0 saturated heterocycles. The van der Waals surface area contributed by atoms with E-state index in [-0.39, 0.29) is 0 Å². The van der Waals surface area contributed by atoms with E-state index >= 15 is 0 Å². The second-order valence-corrected chi connectivity index (χ2v) is 3.00. The van der Waals surface area contributed by atoms with Crippen LogP contribution >= 0.6 is 11.8 Å². The minimum Gasteiger partial charge on any atom is -0.308 e. The molecule has 0 bridgehead atoms. The zero-order valence-electron chi connectivity index (χ0n) is 7.16. The number of hydrogen-bond acceptors (Lipinski definition) is 5. The van der Waals surface area contributed by atoms with Crippen LogP contribution in [0.1, 0.15) is 12.5 Å². The Kier molecular flexibility index (Phi) is 3.31. The highest BCUT2D eigenvalue weighted by Crippen LogP contribution is 2.15. The Morgan fingerprint density at radius 2 is 2.42 bits per heavy atom. The molecule has 5 heteroatoms. The smallest absolute Gasteiger partial charge is 0.189 e. The fourth-order valence-corrected chi connectivity index (χ4v) is 1.21. The monoisotopic (exact) mass is 184 g/mol. The highest BCUT2D eigenvalue weighted by Gasteiger charge is 2.02. The van der Waals surface area contributed by atoms with E-state index in [4.69, 9.17) is 5.84 Å². The Bertz CT molecular complexity index is 264. The molecule has 12 heavy (non-hydrogen) atoms. The lowest BCUT2D eigenvalue weighted by molar-refractivity contribution is 0.925. The highest BCUT2D eigenvalue weighted by molar-refractivity contribution is 7.98. The lowest BCUT2D eigenvalue weighted by Crippen LogP contribution is -2.11. The number of nitrogen functional groups attached to an aromatic ring is 1. The third-order valence-electron chi connectivity index (χ3n) is 1.54. The number of rotatable bonds is 3. The van der Waals surface area contributed by atoms with Crippen LogP contribution in [-0.2, 0) is 6.42 Å². The molecule has 0 aromatic carbocycles. The van der Waals surface area contributed by atoms with Crippen LogP contribution in [0.3, 0.4) is 0 Å². The fraction of sp³-hybridized carbons (Fsp3) is 0.429. The molecule has 0 unspecified atom stereocenters. The SMILES string of the molecule is CCc1cnc(SC)nc1NN. The molecule has 0 saturated carbocycles. The van der Waals surface area contributed by atoms with Gasteiger partial charge in [0, 0.05) is 11.8 Å². The maximum atomic E-state index is 5.30. The van der Waals surface area contributed by atoms with E-state index in [0.717, 1.165) is 23.0 Å². The Labute approximate surface area is 75.9 Å². The van der Waals surface area contributed by atoms with Crippen molar-refractivity contribution in [2.24, 2.45) is 5.84 Å². The van der Waals surface area contributed by atoms with Gasteiger partial charge in [-0.25, -0.2) is 15.8 Å². The second-order valence-electron chi connectivity index (χ2n) is 2.23. The predicted octanol–water partition coefficient (Wildman–Crippen LogP) is 1.05. The van der Waals surface area contributed by atoms with Crippen LogP contribution in [0, 0.1) is 0 Å². The number of anilines is 1. The van der Waals surface area contributed by atoms with Crippen LogP contribution in [0.25, 0.3) is 0 Å². The first kappa shape index (κ1) is 9.28. The van der Waals surface area contributed by atoms with Gasteiger partial charge in [0.2, 0.25) is 0 Å². The molecule has 0 atom stereocenters. The van der Waals surface area contributed by atoms with E-state index < -0.39 is 0 Å². The van der Waals surface area contributed by atoms with Crippen LogP contribution in [0.2, 0.25) is 0 Å². The van der Waals surface area contributed by atoms with Crippen LogP contribution in [-0.4, -0.2) is 16.2 Å². The van der Waals surface area contributed by atoms with Gasteiger partial charge in [-0.2, -0.15) is 0 Å². The third kappa shape index (κ3) is 1.86. The van der Waals surface area contributed by atoms with Crippen molar-refractivity contribution in [2.75, 3.05) is 11.7 Å². The van der Waals surface area contributed by atoms with Crippen molar-refractivity contribution in [3.05, 3.63) is 11.8 Å². The van der Waals surface area contributed by atoms with Crippen LogP contribution in [0.4, 0.5) is 5.82 Å². The van der Waals surface area contributed by atoms with E-state index in [1.54, 1.807) is 6.20 Å². The number of thioether (sulfide) groups is 1. The maximum absolute atomic E-state index is 5.30. The Hall–Kier alpha value is -0.810. The van der Waals surface area contributed by atoms with E-state index in [9.17, 15) is 0 Å². The summed E-state index contributed by atoms with van der Waals surface area (Å²) < 4.78 is 0. The molecule has 66 valence electrons. The standard InChI is InChI=1S/C7H12N4S/c1-3-5-4-9-7(12-2)10-6(5)11-8/h4H,3,8H2,1-2H3,(H,9,10,11). The maximum Gasteiger partial charge on any atom is 0.189 e. The molecule has 0 aliphatic rings. The molecule has 0 amide bonds. The fourth-order valence-electron chi connectivity index (χ4n) is 0.873. The zero-order valence-corrected chi connectivity index (χ0v) is 7.98. The van der Waals surface area contributed by atoms with Crippen molar-refractivity contribution in [3.63, 3.8) is 0 Å². The van der Waals surface area contributed by atoms with Gasteiger partial charge in [0.25, 0.3) is 0 Å². The van der Waals surface area contributed by atoms with Gasteiger partial charge in [-0.3, -0.25) is 0 Å². The lowest BCUT2D eigenvalue weighted by Gasteiger charge is -2.05. The van der Waals surface area contributed by atoms with Gasteiger partial charge in [0.15, 0.2) is 5.16 Å². The first-order chi connectivity index (χ1) is 5.81. The average Bonchev–Trinajstić information content (AvgIpc) is 2.16. The minimum absolute atomic E-state index is 0.719. The molecule has 1 heterocycles. The third-order valence-corrected chi connectivity index (χ3v) is 2.10. The van der Waals surface area contributed by atoms with Crippen LogP contribution in [0.15, 0.2) is 11.4 Å². The molecule has 4 nitrogen and oxygen atoms in total. The zero-order chi connectivity index (χ0) is 8.97. The summed E-state index contributed by atoms with van der Waals surface area (Å²) in [6, 6.07) is 0. The van der Waals surface area contributed by atoms with E-state index in [0.29, 0.717) is 0 Å². The number of aromatic nitrogens is 2. The van der Waals surface area contributed by atoms with Crippen molar-refractivity contribution in [3.8, 4) is 0 Å². The quantitative estimate of drug-likeness (QED) is 0.318. The minimum atomic E-state index is 0.719. The Morgan fingerprint density at radius 3 is 2.92 bits per heavy atom. The Morgan fingerprint density at radius 1 is 1.67 bits per heavy atom. The first-order valence-corrected chi connectivity index (χ1v) is 4.90. The van der Waals surface area contributed by atoms with Crippen molar-refractivity contribution in [1.29, 1.82) is 0 Å². The largest absolute Gasteiger partial charge is 0.308 e. The molecule has 1 aromatic rings. The number of hydrogen-bond donors (Lipinski definition) is 2. The molecule has 0 aliphatic heterocycles. The molecule has 0 aliphatic carbocycles. The summed E-state index contributed by atoms with van der Waals surface area (Å²) in [5, 5.41) is 0.736. The van der Waals surface area contributed by atoms with Crippen LogP contribution in [0.5, 0.6) is 0 Å². The highest BCUT2D eigenvalue weighted by atomic mass is 32.2. The molecule has 3 N–H and O–H groups in total. The van der Waals surface area contributed by atoms with Gasteiger partial charge in [-0.1, -0.05) is 18.7 Å². The Balaban J connectivity index is 3.02. The molecule has 0 fully saturated rings. The lowest BCUT2D eigenvalue weighted by atomic mass is 10.2. The van der Waals surface area contributed by atoms with E-state index in [1.165, 1.54) is 11.8 Å². The van der Waals surface area contributed by atoms with Crippen LogP contribution < -0.4 is 11.3 Å². The summed E-state index contributed by atoms with van der Waals surface area (Å²) >= 11 is 1.50. The van der Waals surface area contributed by atoms with Gasteiger partial charge < -0.3 is 5.43 Å². The van der Waals surface area contributed by atoms with Crippen molar-refractivity contribution >= 4 is 17.6 Å². The van der Waals surface area contributed by atoms with Crippen molar-refractivity contribution in [2.45, 2.75) is 18.5 Å². The molecule has 1 rings (SSSR count). The molecule has 0 radical (unpaired) electrons. The summed E-state index contributed by atoms with van der Waals surface area (Å²) in [5.41, 5.74) is 3.59. The molecule has 0 spiro atoms. The topological polar surface area (TPSA) is 63.8 Å². The summed E-state index contributed by atoms with van der Waals surface area (Å²) in [6.45, 7) is 2.04. The predicted molar refractivity (Wildman–Crippen MR) is 51.0 cm³/mol. The number of nitrogens with zero attached hydrogens (tertiary/aromatic N) is 2. The van der Waals surface area contributed by atoms with E-state index in [1.807, 2.05) is 13.2 Å². The van der Waals surface area contributed by atoms with Gasteiger partial charge >= 0.3 is 0 Å². The number of hydrazine groups is 1. The van der Waals surface area contributed by atoms with Gasteiger partial charge in [-0.15, -0.1) is 0 Å². The summed E-state index contributed by atoms with van der Waals surface area (Å²) in [6.07, 6.45) is 4.61. The summed E-state index contributed by atoms with van der Waals surface area (Å²) in [4.78, 5) is 8.33. The van der Waals surface area contributed by atoms with Gasteiger partial charge in [0.05, 0.1) is 0 Å². The molecular weight excluding hydrogens is 172 g/mol. The average molecular weight is 184 g/mol. The summed E-state index contributed by atoms with van der Waals surface area (Å²) in [5.74, 6) is 6.02. The molecular formula is C7H12N4S. The number of nitrogens with two attached hydrogens (primary N) is 1.